The van der Waals surface area contributed by atoms with Crippen molar-refractivity contribution in [3.63, 3.8) is 0 Å². The number of hydrogen-bond donors (Lipinski definition) is 2. The first-order valence-corrected chi connectivity index (χ1v) is 35.4. The van der Waals surface area contributed by atoms with Crippen molar-refractivity contribution in [2.24, 2.45) is 34.5 Å². The van der Waals surface area contributed by atoms with E-state index in [0.29, 0.717) is 82.8 Å². The Hall–Kier alpha value is -3.62. The molecular weight excluding hydrogens is 1230 g/mol. The summed E-state index contributed by atoms with van der Waals surface area (Å²) >= 11 is 6.53. The van der Waals surface area contributed by atoms with Gasteiger partial charge in [0.1, 0.15) is 29.6 Å². The third-order valence-corrected chi connectivity index (χ3v) is 22.5. The normalized spacial score (nSPS) is 36.5. The molecule has 0 bridgehead atoms. The molecule has 1 spiro atoms. The number of Topliss-reactive ketones (excluding diaryl/α,β-unsaturated/α-hetero) is 2. The van der Waals surface area contributed by atoms with Gasteiger partial charge in [-0.1, -0.05) is 50.6 Å². The molecule has 5 aliphatic rings. The Balaban J connectivity index is 1.32. The lowest BCUT2D eigenvalue weighted by Gasteiger charge is -2.48. The van der Waals surface area contributed by atoms with Crippen LogP contribution >= 0.6 is 11.6 Å². The van der Waals surface area contributed by atoms with E-state index < -0.39 is 99.9 Å². The van der Waals surface area contributed by atoms with Crippen LogP contribution in [0.4, 0.5) is 0 Å². The fraction of sp³-hybridized carbons (Fsp3) is 0.795. The Kier molecular flexibility index (Phi) is 28.3. The average molecular weight is 1360 g/mol. The van der Waals surface area contributed by atoms with E-state index in [0.717, 1.165) is 31.6 Å². The van der Waals surface area contributed by atoms with Crippen molar-refractivity contribution in [3.8, 4) is 0 Å². The Morgan fingerprint density at radius 3 is 1.83 bits per heavy atom. The van der Waals surface area contributed by atoms with Crippen molar-refractivity contribution in [1.82, 2.24) is 34.4 Å². The molecule has 5 fully saturated rings. The molecule has 0 aliphatic carbocycles. The van der Waals surface area contributed by atoms with Gasteiger partial charge < -0.3 is 67.7 Å². The minimum atomic E-state index is -1.80. The van der Waals surface area contributed by atoms with E-state index in [1.54, 1.807) is 55.0 Å². The van der Waals surface area contributed by atoms with Crippen molar-refractivity contribution in [3.05, 3.63) is 64.9 Å². The number of piperidine rings is 1. The molecule has 21 nitrogen and oxygen atoms in total. The number of likely N-dealkylation sites (tertiary alicyclic amines) is 1. The van der Waals surface area contributed by atoms with Gasteiger partial charge in [0.15, 0.2) is 24.1 Å². The summed E-state index contributed by atoms with van der Waals surface area (Å²) < 4.78 is 53.2. The van der Waals surface area contributed by atoms with E-state index >= 15 is 14.4 Å². The third-order valence-electron chi connectivity index (χ3n) is 22.2. The van der Waals surface area contributed by atoms with Crippen LogP contribution in [0.2, 0.25) is 5.02 Å². The predicted molar refractivity (Wildman–Crippen MR) is 367 cm³/mol. The first-order valence-electron chi connectivity index (χ1n) is 35.0. The van der Waals surface area contributed by atoms with Gasteiger partial charge in [-0.05, 0) is 196 Å². The zero-order valence-corrected chi connectivity index (χ0v) is 61.6. The van der Waals surface area contributed by atoms with Gasteiger partial charge >= 0.3 is 11.9 Å². The number of aliphatic hydroxyl groups excluding tert-OH is 2. The smallest absolute Gasteiger partial charge is 0.319 e. The molecule has 22 heteroatoms. The number of ether oxygens (including phenoxy) is 8. The van der Waals surface area contributed by atoms with E-state index in [4.69, 9.17) is 49.5 Å². The maximum Gasteiger partial charge on any atom is 0.319 e. The summed E-state index contributed by atoms with van der Waals surface area (Å²) in [6.45, 7) is 24.3. The maximum absolute atomic E-state index is 16.5. The van der Waals surface area contributed by atoms with Crippen molar-refractivity contribution >= 4 is 35.1 Å². The van der Waals surface area contributed by atoms with Gasteiger partial charge in [0.05, 0.1) is 47.8 Å². The van der Waals surface area contributed by atoms with E-state index in [1.165, 1.54) is 5.56 Å². The summed E-state index contributed by atoms with van der Waals surface area (Å²) in [5.74, 6) is -4.58. The second kappa shape index (κ2) is 34.2. The molecule has 95 heavy (non-hydrogen) atoms. The van der Waals surface area contributed by atoms with Gasteiger partial charge in [-0.2, -0.15) is 0 Å². The molecule has 2 N–H and O–H groups in total. The Morgan fingerprint density at radius 1 is 0.695 bits per heavy atom. The first kappa shape index (κ1) is 78.7. The third kappa shape index (κ3) is 19.7. The topological polar surface area (TPSA) is 215 Å². The maximum atomic E-state index is 16.5. The molecule has 0 amide bonds. The van der Waals surface area contributed by atoms with E-state index in [-0.39, 0.29) is 68.6 Å². The molecule has 5 aliphatic heterocycles. The minimum Gasteiger partial charge on any atom is -0.465 e. The molecule has 1 aromatic heterocycles. The number of hydrogen-bond acceptors (Lipinski definition) is 21. The van der Waals surface area contributed by atoms with Crippen molar-refractivity contribution < 1.29 is 67.3 Å². The molecule has 0 unspecified atom stereocenters. The van der Waals surface area contributed by atoms with Gasteiger partial charge in [0.25, 0.3) is 0 Å². The van der Waals surface area contributed by atoms with E-state index in [9.17, 15) is 15.0 Å². The average Bonchev–Trinajstić information content (AvgIpc) is 1.66. The number of pyridine rings is 1. The van der Waals surface area contributed by atoms with Crippen LogP contribution in [0.5, 0.6) is 0 Å². The second-order valence-electron chi connectivity index (χ2n) is 30.8. The van der Waals surface area contributed by atoms with Crippen LogP contribution in [0.3, 0.4) is 0 Å². The number of esters is 2. The SMILES string of the molecule is CO[C@]1(C)C[C@@H](CC[C@]2(C)C(=O)OCC3(CCN(CCc4cccnc4)CC3)N(C)C[C@H](C)C[C@@](C)(OC)[C@H](O[C@@H]3O[C@H](C)C[C@H](N(C)C)[C@H]3O)[C@@H](C)C2=O)CN(C)CCN(Cc2cccc(Cl)c2)CCCOC(=O)C(C)(C)C(=O)[C@H](C)[C@H]1O[C@@H]1O[C@H](C)C[C@H](N(C)C)[C@H]1O. The molecular formula is C73H120ClN7O14. The summed E-state index contributed by atoms with van der Waals surface area (Å²) in [5, 5.41) is 24.8. The molecule has 7 rings (SSSR count). The number of ketones is 2. The number of likely N-dealkylation sites (N-methyl/N-ethyl adjacent to an activating group) is 4. The Labute approximate surface area is 573 Å². The van der Waals surface area contributed by atoms with Gasteiger partial charge in [-0.15, -0.1) is 0 Å². The molecule has 5 saturated heterocycles. The number of nitrogens with zero attached hydrogens (tertiary/aromatic N) is 7. The van der Waals surface area contributed by atoms with E-state index in [1.807, 2.05) is 102 Å². The highest BCUT2D eigenvalue weighted by molar-refractivity contribution is 6.30. The van der Waals surface area contributed by atoms with Crippen LogP contribution in [0.15, 0.2) is 48.8 Å². The first-order chi connectivity index (χ1) is 44.7. The van der Waals surface area contributed by atoms with Crippen LogP contribution < -0.4 is 0 Å². The van der Waals surface area contributed by atoms with Crippen molar-refractivity contribution in [1.29, 1.82) is 0 Å². The van der Waals surface area contributed by atoms with Gasteiger partial charge in [-0.25, -0.2) is 0 Å². The Morgan fingerprint density at radius 2 is 1.27 bits per heavy atom. The van der Waals surface area contributed by atoms with Gasteiger partial charge in [0.2, 0.25) is 0 Å². The van der Waals surface area contributed by atoms with Crippen LogP contribution in [-0.2, 0) is 70.0 Å². The lowest BCUT2D eigenvalue weighted by atomic mass is 9.69. The molecule has 2 aromatic rings. The van der Waals surface area contributed by atoms with Gasteiger partial charge in [-0.3, -0.25) is 34.0 Å². The largest absolute Gasteiger partial charge is 0.465 e. The number of cyclic esters (lactones) is 2. The number of rotatable bonds is 16. The van der Waals surface area contributed by atoms with Crippen LogP contribution in [0.25, 0.3) is 0 Å². The summed E-state index contributed by atoms with van der Waals surface area (Å²) in [6, 6.07) is 11.2. The highest BCUT2D eigenvalue weighted by Gasteiger charge is 2.56. The fourth-order valence-corrected chi connectivity index (χ4v) is 16.2. The second-order valence-corrected chi connectivity index (χ2v) is 31.2. The van der Waals surface area contributed by atoms with Crippen LogP contribution in [0.1, 0.15) is 138 Å². The number of carbonyl (C=O) groups is 4. The zero-order valence-electron chi connectivity index (χ0n) is 60.9. The number of aliphatic hydroxyl groups is 2. The summed E-state index contributed by atoms with van der Waals surface area (Å²) in [7, 11) is 15.0. The number of aromatic nitrogens is 1. The van der Waals surface area contributed by atoms with E-state index in [2.05, 4.69) is 51.7 Å². The molecule has 1 aromatic carbocycles. The highest BCUT2D eigenvalue weighted by atomic mass is 35.5. The van der Waals surface area contributed by atoms with Crippen molar-refractivity contribution in [2.75, 3.05) is 122 Å². The number of methoxy groups -OCH3 is 2. The monoisotopic (exact) mass is 1350 g/mol. The van der Waals surface area contributed by atoms with Crippen molar-refractivity contribution in [2.45, 2.75) is 218 Å². The minimum absolute atomic E-state index is 0.00665. The van der Waals surface area contributed by atoms with Crippen LogP contribution in [0, 0.1) is 34.5 Å². The molecule has 17 atom stereocenters. The standard InChI is InChI=1S/C73H120ClN7O14/c1-48-41-71(9,88-17)64(95-66-60(83)58(77(13)14)39-50(3)93-66)52(5)62(85)70(8,68(87)91-47-73(79(16)44-48)28-33-80(34-29-73)32-26-53-23-20-30-75-43-53)27-25-55-42-72(10,89-18)63(94-65-59(82)57(76(11)12)38-49(2)92-65)51(4)61(84)69(6,7)67(86)90-37-21-31-81(36-35-78(15)45-55)46-54-22-19-24-56(74)40-54/h19-20,22-24,30,40,43,48-52,55,57-60,63-66,82-83H,21,25-29,31-39,41-42,44-47H2,1-18H3/t48-,49-,50-,51+,52+,55-,57+,58+,59-,60-,63-,64-,65+,66+,70+,71-,72-/m1/s1. The molecule has 0 saturated carbocycles. The van der Waals surface area contributed by atoms with Crippen LogP contribution in [-0.4, -0.2) is 268 Å². The molecule has 6 heterocycles. The Bertz CT molecular complexity index is 2780. The zero-order chi connectivity index (χ0) is 70.0. The number of carbonyl (C=O) groups excluding carboxylic acids is 4. The predicted octanol–water partition coefficient (Wildman–Crippen LogP) is 7.67. The number of halogens is 1. The lowest BCUT2D eigenvalue weighted by molar-refractivity contribution is -0.296. The number of benzene rings is 1. The lowest BCUT2D eigenvalue weighted by Crippen LogP contribution is -2.60. The summed E-state index contributed by atoms with van der Waals surface area (Å²) in [4.78, 5) is 79.7. The highest BCUT2D eigenvalue weighted by Crippen LogP contribution is 2.44. The summed E-state index contributed by atoms with van der Waals surface area (Å²) in [5.41, 5.74) is -4.31. The van der Waals surface area contributed by atoms with Gasteiger partial charge in [0, 0.05) is 114 Å². The molecule has 538 valence electrons. The molecule has 0 radical (unpaired) electrons. The summed E-state index contributed by atoms with van der Waals surface area (Å²) in [6.07, 6.45) is 1.27. The quantitative estimate of drug-likeness (QED) is 0.122. The fourth-order valence-electron chi connectivity index (χ4n) is 16.0.